The number of carbonyl (C=O) groups is 1. The van der Waals surface area contributed by atoms with Crippen molar-refractivity contribution < 1.29 is 27.2 Å². The van der Waals surface area contributed by atoms with Gasteiger partial charge >= 0.3 is 6.03 Å². The zero-order chi connectivity index (χ0) is 26.7. The lowest BCUT2D eigenvalue weighted by Gasteiger charge is -2.42. The Morgan fingerprint density at radius 3 is 2.55 bits per heavy atom. The average Bonchev–Trinajstić information content (AvgIpc) is 3.62. The molecular formula is C27H40F3N5O3. The molecule has 6 rings (SSSR count). The van der Waals surface area contributed by atoms with Crippen LogP contribution >= 0.6 is 0 Å². The van der Waals surface area contributed by atoms with Crippen LogP contribution in [0.2, 0.25) is 0 Å². The van der Waals surface area contributed by atoms with E-state index in [9.17, 15) is 9.18 Å². The predicted molar refractivity (Wildman–Crippen MR) is 133 cm³/mol. The molecule has 3 saturated carbocycles. The van der Waals surface area contributed by atoms with E-state index in [1.165, 1.54) is 12.8 Å². The van der Waals surface area contributed by atoms with Crippen LogP contribution in [0.4, 0.5) is 18.0 Å². The topological polar surface area (TPSA) is 83.7 Å². The molecule has 0 spiro atoms. The van der Waals surface area contributed by atoms with Crippen LogP contribution in [0.25, 0.3) is 0 Å². The summed E-state index contributed by atoms with van der Waals surface area (Å²) in [5.74, 6) is -2.44. The molecule has 1 aromatic heterocycles. The molecule has 5 fully saturated rings. The quantitative estimate of drug-likeness (QED) is 0.553. The van der Waals surface area contributed by atoms with Gasteiger partial charge in [0.2, 0.25) is 5.89 Å². The number of ether oxygens (including phenoxy) is 1. The van der Waals surface area contributed by atoms with Gasteiger partial charge in [-0.05, 0) is 56.8 Å². The molecule has 3 aliphatic carbocycles. The summed E-state index contributed by atoms with van der Waals surface area (Å²) in [5, 5.41) is 6.75. The second-order valence-electron chi connectivity index (χ2n) is 13.1. The van der Waals surface area contributed by atoms with Crippen molar-refractivity contribution in [2.75, 3.05) is 32.7 Å². The van der Waals surface area contributed by atoms with E-state index in [-0.39, 0.29) is 18.4 Å². The maximum absolute atomic E-state index is 15.1. The monoisotopic (exact) mass is 539 g/mol. The number of likely N-dealkylation sites (tertiary alicyclic amines) is 2. The van der Waals surface area contributed by atoms with E-state index >= 15 is 8.78 Å². The van der Waals surface area contributed by atoms with Gasteiger partial charge in [-0.3, -0.25) is 0 Å². The van der Waals surface area contributed by atoms with Crippen molar-refractivity contribution in [1.29, 1.82) is 0 Å². The third-order valence-corrected chi connectivity index (χ3v) is 9.58. The van der Waals surface area contributed by atoms with E-state index in [0.717, 1.165) is 26.1 Å². The first-order chi connectivity index (χ1) is 18.0. The van der Waals surface area contributed by atoms with Gasteiger partial charge in [-0.1, -0.05) is 19.0 Å². The van der Waals surface area contributed by atoms with Gasteiger partial charge < -0.3 is 24.4 Å². The lowest BCUT2D eigenvalue weighted by molar-refractivity contribution is -0.138. The zero-order valence-electron chi connectivity index (χ0n) is 22.4. The van der Waals surface area contributed by atoms with Gasteiger partial charge in [-0.25, -0.2) is 18.0 Å². The Hall–Kier alpha value is -1.88. The Labute approximate surface area is 222 Å². The van der Waals surface area contributed by atoms with Crippen molar-refractivity contribution >= 4 is 6.03 Å². The van der Waals surface area contributed by atoms with Crippen molar-refractivity contribution in [3.63, 3.8) is 0 Å². The first-order valence-electron chi connectivity index (χ1n) is 14.3. The van der Waals surface area contributed by atoms with Gasteiger partial charge in [0, 0.05) is 44.6 Å². The van der Waals surface area contributed by atoms with Gasteiger partial charge in [0.05, 0.1) is 18.1 Å². The van der Waals surface area contributed by atoms with Gasteiger partial charge in [0.15, 0.2) is 5.82 Å². The van der Waals surface area contributed by atoms with Gasteiger partial charge in [0.1, 0.15) is 12.2 Å². The minimum absolute atomic E-state index is 0.0745. The fraction of sp³-hybridized carbons (Fsp3) is 0.889. The van der Waals surface area contributed by atoms with Crippen LogP contribution in [0.1, 0.15) is 89.3 Å². The lowest BCUT2D eigenvalue weighted by Crippen LogP contribution is -2.61. The molecule has 3 heterocycles. The van der Waals surface area contributed by atoms with E-state index in [0.29, 0.717) is 62.3 Å². The van der Waals surface area contributed by atoms with Gasteiger partial charge in [0.25, 0.3) is 5.92 Å². The second kappa shape index (κ2) is 9.64. The molecule has 2 amide bonds. The van der Waals surface area contributed by atoms with Crippen LogP contribution in [0.15, 0.2) is 4.52 Å². The summed E-state index contributed by atoms with van der Waals surface area (Å²) >= 11 is 0. The summed E-state index contributed by atoms with van der Waals surface area (Å²) in [6, 6.07) is -1.81. The number of nitrogens with one attached hydrogen (secondary N) is 1. The van der Waals surface area contributed by atoms with E-state index < -0.39 is 35.7 Å². The second-order valence-corrected chi connectivity index (χ2v) is 13.1. The summed E-state index contributed by atoms with van der Waals surface area (Å²) in [7, 11) is 0. The zero-order valence-corrected chi connectivity index (χ0v) is 22.4. The Morgan fingerprint density at radius 2 is 1.87 bits per heavy atom. The first-order valence-corrected chi connectivity index (χ1v) is 14.3. The predicted octanol–water partition coefficient (Wildman–Crippen LogP) is 4.41. The van der Waals surface area contributed by atoms with Crippen LogP contribution < -0.4 is 5.32 Å². The van der Waals surface area contributed by atoms with Crippen molar-refractivity contribution in [3.8, 4) is 0 Å². The molecule has 2 aliphatic heterocycles. The van der Waals surface area contributed by atoms with Crippen molar-refractivity contribution in [3.05, 3.63) is 11.7 Å². The number of aromatic nitrogens is 2. The van der Waals surface area contributed by atoms with E-state index in [1.54, 1.807) is 4.90 Å². The third-order valence-electron chi connectivity index (χ3n) is 9.58. The molecule has 5 atom stereocenters. The van der Waals surface area contributed by atoms with Crippen molar-refractivity contribution in [2.45, 2.75) is 113 Å². The maximum Gasteiger partial charge on any atom is 0.317 e. The number of halogens is 3. The number of nitrogens with zero attached hydrogens (tertiary/aromatic N) is 4. The molecule has 38 heavy (non-hydrogen) atoms. The van der Waals surface area contributed by atoms with Crippen molar-refractivity contribution in [1.82, 2.24) is 25.3 Å². The molecule has 0 aromatic carbocycles. The number of urea groups is 1. The number of rotatable bonds is 7. The molecule has 1 unspecified atom stereocenters. The number of hydrogen-bond acceptors (Lipinski definition) is 6. The molecular weight excluding hydrogens is 499 g/mol. The number of piperidine rings is 1. The van der Waals surface area contributed by atoms with Gasteiger partial charge in [-0.2, -0.15) is 4.98 Å². The minimum atomic E-state index is -3.01. The molecule has 212 valence electrons. The number of amides is 2. The maximum atomic E-state index is 15.1. The van der Waals surface area contributed by atoms with E-state index in [4.69, 9.17) is 9.26 Å². The molecule has 0 bridgehead atoms. The summed E-state index contributed by atoms with van der Waals surface area (Å²) < 4.78 is 55.1. The molecule has 1 aromatic rings. The summed E-state index contributed by atoms with van der Waals surface area (Å²) in [5.41, 5.74) is 0.0000230. The third kappa shape index (κ3) is 5.42. The fourth-order valence-corrected chi connectivity index (χ4v) is 6.39. The number of hydrogen-bond donors (Lipinski definition) is 1. The van der Waals surface area contributed by atoms with Crippen molar-refractivity contribution in [2.24, 2.45) is 5.41 Å². The molecule has 8 nitrogen and oxygen atoms in total. The average molecular weight is 540 g/mol. The Kier molecular flexibility index (Phi) is 6.69. The summed E-state index contributed by atoms with van der Waals surface area (Å²) in [6.07, 6.45) is 3.89. The highest BCUT2D eigenvalue weighted by Crippen LogP contribution is 2.46. The smallest absolute Gasteiger partial charge is 0.317 e. The molecule has 0 radical (unpaired) electrons. The van der Waals surface area contributed by atoms with E-state index in [2.05, 4.69) is 27.3 Å². The summed E-state index contributed by atoms with van der Waals surface area (Å²) in [4.78, 5) is 21.6. The summed E-state index contributed by atoms with van der Waals surface area (Å²) in [6.45, 7) is 7.83. The van der Waals surface area contributed by atoms with Gasteiger partial charge in [-0.15, -0.1) is 0 Å². The lowest BCUT2D eigenvalue weighted by atomic mass is 9.79. The molecule has 11 heteroatoms. The van der Waals surface area contributed by atoms with Crippen LogP contribution in [-0.2, 0) is 10.2 Å². The Bertz CT molecular complexity index is 1030. The molecule has 1 N–H and O–H groups in total. The molecule has 5 aliphatic rings. The largest absolute Gasteiger partial charge is 0.371 e. The van der Waals surface area contributed by atoms with Crippen LogP contribution in [-0.4, -0.2) is 89.0 Å². The fourth-order valence-electron chi connectivity index (χ4n) is 6.39. The Morgan fingerprint density at radius 1 is 1.13 bits per heavy atom. The van der Waals surface area contributed by atoms with Crippen LogP contribution in [0.3, 0.4) is 0 Å². The highest BCUT2D eigenvalue weighted by molar-refractivity contribution is 5.75. The number of carbonyl (C=O) groups excluding carboxylic acids is 1. The standard InChI is InChI=1S/C27H40F3N5O3/c1-25(7-8-25)16-34-11-5-17(15-34)37-20-4-3-6-27(29,30)21(20)31-24(36)35-12-9-26(2,10-13-35)23-32-22(38-33-23)18-14-19(18)28/h17-21H,3-16H2,1-2H3,(H,31,36)/t17?,18-,19+,20+,21-/m1/s1. The Balaban J connectivity index is 1.04. The van der Waals surface area contributed by atoms with Crippen LogP contribution in [0, 0.1) is 5.41 Å². The van der Waals surface area contributed by atoms with E-state index in [1.807, 2.05) is 6.92 Å². The SMILES string of the molecule is CC1(CN2CCC(O[C@H]3CCCC(F)(F)[C@@H]3NC(=O)N3CCC(C)(c4noc([C@@H]5C[C@@H]5F)n4)CC3)C2)CC1. The molecule has 2 saturated heterocycles. The number of alkyl halides is 3. The normalized spacial score (nSPS) is 35.7. The highest BCUT2D eigenvalue weighted by atomic mass is 19.3. The first kappa shape index (κ1) is 26.3. The van der Waals surface area contributed by atoms with Crippen LogP contribution in [0.5, 0.6) is 0 Å². The minimum Gasteiger partial charge on any atom is -0.371 e. The highest BCUT2D eigenvalue weighted by Gasteiger charge is 2.51.